The van der Waals surface area contributed by atoms with Crippen LogP contribution < -0.4 is 5.73 Å². The van der Waals surface area contributed by atoms with E-state index < -0.39 is 6.17 Å². The highest BCUT2D eigenvalue weighted by Crippen LogP contribution is 2.65. The SMILES string of the molecule is C[C@]12CC(F)C(=NOCCN)CC1C(=O)C[C@@H]1[C@H]2CC[C@]2(C)C(O)CC[C@@H]12. The molecule has 6 heteroatoms. The van der Waals surface area contributed by atoms with Crippen LogP contribution >= 0.6 is 0 Å². The molecule has 0 aromatic carbocycles. The van der Waals surface area contributed by atoms with Crippen LogP contribution in [0, 0.1) is 34.5 Å². The van der Waals surface area contributed by atoms with Crippen molar-refractivity contribution in [2.45, 2.75) is 71.1 Å². The molecule has 0 aromatic heterocycles. The van der Waals surface area contributed by atoms with Gasteiger partial charge in [0.15, 0.2) is 0 Å². The molecule has 4 aliphatic rings. The van der Waals surface area contributed by atoms with E-state index in [9.17, 15) is 14.3 Å². The van der Waals surface area contributed by atoms with Crippen molar-refractivity contribution >= 4 is 11.5 Å². The van der Waals surface area contributed by atoms with Crippen molar-refractivity contribution in [2.24, 2.45) is 45.4 Å². The van der Waals surface area contributed by atoms with Gasteiger partial charge in [0.05, 0.1) is 11.8 Å². The molecule has 0 heterocycles. The summed E-state index contributed by atoms with van der Waals surface area (Å²) in [6.07, 6.45) is 3.67. The molecule has 4 rings (SSSR count). The fraction of sp³-hybridized carbons (Fsp3) is 0.905. The highest BCUT2D eigenvalue weighted by atomic mass is 19.1. The number of oxime groups is 1. The molecule has 0 saturated heterocycles. The average Bonchev–Trinajstić information content (AvgIpc) is 2.92. The van der Waals surface area contributed by atoms with Gasteiger partial charge < -0.3 is 15.7 Å². The van der Waals surface area contributed by atoms with E-state index in [4.69, 9.17) is 10.6 Å². The molecule has 3 unspecified atom stereocenters. The van der Waals surface area contributed by atoms with Crippen LogP contribution in [0.25, 0.3) is 0 Å². The number of Topliss-reactive ketones (excluding diaryl/α,β-unsaturated/α-hetero) is 1. The highest BCUT2D eigenvalue weighted by molar-refractivity contribution is 5.95. The first-order valence-electron chi connectivity index (χ1n) is 10.5. The Morgan fingerprint density at radius 3 is 2.70 bits per heavy atom. The molecule has 0 spiro atoms. The van der Waals surface area contributed by atoms with Gasteiger partial charge in [0, 0.05) is 25.3 Å². The third-order valence-corrected chi connectivity index (χ3v) is 8.64. The largest absolute Gasteiger partial charge is 0.394 e. The van der Waals surface area contributed by atoms with Crippen molar-refractivity contribution in [3.05, 3.63) is 0 Å². The lowest BCUT2D eigenvalue weighted by Gasteiger charge is -2.59. The van der Waals surface area contributed by atoms with Gasteiger partial charge in [0.1, 0.15) is 18.6 Å². The number of ketones is 1. The Balaban J connectivity index is 1.60. The Morgan fingerprint density at radius 2 is 1.96 bits per heavy atom. The third-order valence-electron chi connectivity index (χ3n) is 8.64. The smallest absolute Gasteiger partial charge is 0.142 e. The van der Waals surface area contributed by atoms with Gasteiger partial charge in [0.25, 0.3) is 0 Å². The zero-order valence-corrected chi connectivity index (χ0v) is 16.5. The number of aliphatic hydroxyl groups excluding tert-OH is 1. The molecule has 0 aromatic rings. The lowest BCUT2D eigenvalue weighted by molar-refractivity contribution is -0.154. The lowest BCUT2D eigenvalue weighted by Crippen LogP contribution is -2.58. The molecule has 5 nitrogen and oxygen atoms in total. The summed E-state index contributed by atoms with van der Waals surface area (Å²) in [5, 5.41) is 14.5. The van der Waals surface area contributed by atoms with E-state index >= 15 is 0 Å². The molecular weight excluding hydrogens is 347 g/mol. The number of halogens is 1. The maximum Gasteiger partial charge on any atom is 0.142 e. The van der Waals surface area contributed by atoms with Crippen LogP contribution in [0.2, 0.25) is 0 Å². The van der Waals surface area contributed by atoms with E-state index in [0.29, 0.717) is 43.4 Å². The molecule has 0 amide bonds. The first kappa shape index (κ1) is 19.3. The minimum Gasteiger partial charge on any atom is -0.394 e. The zero-order chi connectivity index (χ0) is 19.4. The summed E-state index contributed by atoms with van der Waals surface area (Å²) >= 11 is 0. The first-order valence-corrected chi connectivity index (χ1v) is 10.5. The average molecular weight is 381 g/mol. The van der Waals surface area contributed by atoms with Gasteiger partial charge >= 0.3 is 0 Å². The predicted octanol–water partition coefficient (Wildman–Crippen LogP) is 2.85. The summed E-state index contributed by atoms with van der Waals surface area (Å²) in [5.41, 5.74) is 5.38. The number of nitrogens with two attached hydrogens (primary N) is 1. The number of fused-ring (bicyclic) bond motifs is 5. The minimum atomic E-state index is -1.15. The van der Waals surface area contributed by atoms with E-state index in [2.05, 4.69) is 19.0 Å². The Hall–Kier alpha value is -1.01. The Morgan fingerprint density at radius 1 is 1.22 bits per heavy atom. The number of hydrogen-bond acceptors (Lipinski definition) is 5. The van der Waals surface area contributed by atoms with Gasteiger partial charge in [-0.3, -0.25) is 4.79 Å². The Bertz CT molecular complexity index is 641. The normalized spacial score (nSPS) is 50.9. The van der Waals surface area contributed by atoms with E-state index in [1.807, 2.05) is 0 Å². The number of alkyl halides is 1. The number of rotatable bonds is 3. The topological polar surface area (TPSA) is 84.9 Å². The van der Waals surface area contributed by atoms with E-state index in [0.717, 1.165) is 25.7 Å². The van der Waals surface area contributed by atoms with Crippen molar-refractivity contribution in [3.63, 3.8) is 0 Å². The predicted molar refractivity (Wildman–Crippen MR) is 101 cm³/mol. The molecule has 0 bridgehead atoms. The fourth-order valence-electron chi connectivity index (χ4n) is 7.12. The number of aliphatic hydroxyl groups is 1. The van der Waals surface area contributed by atoms with Gasteiger partial charge in [-0.15, -0.1) is 0 Å². The quantitative estimate of drug-likeness (QED) is 0.582. The molecule has 152 valence electrons. The molecule has 4 aliphatic carbocycles. The molecule has 0 radical (unpaired) electrons. The molecule has 8 atom stereocenters. The summed E-state index contributed by atoms with van der Waals surface area (Å²) < 4.78 is 15.0. The van der Waals surface area contributed by atoms with Gasteiger partial charge in [0.2, 0.25) is 0 Å². The summed E-state index contributed by atoms with van der Waals surface area (Å²) in [6.45, 7) is 4.93. The fourth-order valence-corrected chi connectivity index (χ4v) is 7.12. The second-order valence-electron chi connectivity index (χ2n) is 9.82. The maximum atomic E-state index is 15.0. The van der Waals surface area contributed by atoms with E-state index in [1.54, 1.807) is 0 Å². The standard InChI is InChI=1S/C21H33FN2O3/c1-20-6-5-14-12(13(20)3-4-19(20)26)9-18(25)15-10-17(24-27-8-7-23)16(22)11-21(14,15)2/h12-16,19,26H,3-11,23H2,1-2H3/t12-,13-,14+,15?,16?,19?,20-,21+/m0/s1. The van der Waals surface area contributed by atoms with Crippen LogP contribution in [0.1, 0.15) is 58.8 Å². The van der Waals surface area contributed by atoms with Gasteiger partial charge in [-0.05, 0) is 60.7 Å². The van der Waals surface area contributed by atoms with Crippen LogP contribution in [0.3, 0.4) is 0 Å². The number of hydrogen-bond donors (Lipinski definition) is 2. The molecule has 27 heavy (non-hydrogen) atoms. The molecule has 4 fully saturated rings. The minimum absolute atomic E-state index is 0.0723. The van der Waals surface area contributed by atoms with Gasteiger partial charge in [-0.1, -0.05) is 19.0 Å². The summed E-state index contributed by atoms with van der Waals surface area (Å²) in [5.74, 6) is 1.11. The number of carbonyl (C=O) groups excluding carboxylic acids is 1. The van der Waals surface area contributed by atoms with Crippen molar-refractivity contribution in [2.75, 3.05) is 13.2 Å². The van der Waals surface area contributed by atoms with Crippen molar-refractivity contribution in [1.82, 2.24) is 0 Å². The molecular formula is C21H33FN2O3. The second kappa shape index (κ2) is 6.80. The second-order valence-corrected chi connectivity index (χ2v) is 9.82. The third kappa shape index (κ3) is 2.86. The first-order chi connectivity index (χ1) is 12.8. The van der Waals surface area contributed by atoms with E-state index in [1.165, 1.54) is 0 Å². The lowest BCUT2D eigenvalue weighted by atomic mass is 9.44. The number of nitrogens with zero attached hydrogens (tertiary/aromatic N) is 1. The van der Waals surface area contributed by atoms with Gasteiger partial charge in [-0.25, -0.2) is 4.39 Å². The number of carbonyl (C=O) groups is 1. The monoisotopic (exact) mass is 380 g/mol. The summed E-state index contributed by atoms with van der Waals surface area (Å²) in [4.78, 5) is 18.3. The van der Waals surface area contributed by atoms with Crippen LogP contribution in [0.4, 0.5) is 4.39 Å². The molecule has 4 saturated carbocycles. The zero-order valence-electron chi connectivity index (χ0n) is 16.5. The highest BCUT2D eigenvalue weighted by Gasteiger charge is 2.63. The maximum absolute atomic E-state index is 15.0. The molecule has 3 N–H and O–H groups in total. The van der Waals surface area contributed by atoms with Crippen molar-refractivity contribution < 1.29 is 19.1 Å². The van der Waals surface area contributed by atoms with Crippen molar-refractivity contribution in [1.29, 1.82) is 0 Å². The van der Waals surface area contributed by atoms with Crippen molar-refractivity contribution in [3.8, 4) is 0 Å². The van der Waals surface area contributed by atoms with Gasteiger partial charge in [-0.2, -0.15) is 0 Å². The van der Waals surface area contributed by atoms with Crippen LogP contribution in [-0.2, 0) is 9.63 Å². The Labute approximate surface area is 160 Å². The summed E-state index contributed by atoms with van der Waals surface area (Å²) in [6, 6.07) is 0. The van der Waals surface area contributed by atoms with Crippen LogP contribution in [0.15, 0.2) is 5.16 Å². The van der Waals surface area contributed by atoms with Crippen LogP contribution in [0.5, 0.6) is 0 Å². The Kier molecular flexibility index (Phi) is 4.86. The summed E-state index contributed by atoms with van der Waals surface area (Å²) in [7, 11) is 0. The molecule has 0 aliphatic heterocycles. The van der Waals surface area contributed by atoms with E-state index in [-0.39, 0.29) is 41.2 Å². The van der Waals surface area contributed by atoms with Crippen LogP contribution in [-0.4, -0.2) is 42.0 Å².